The summed E-state index contributed by atoms with van der Waals surface area (Å²) in [5, 5.41) is 2.76. The molecule has 0 bridgehead atoms. The Balaban J connectivity index is 2.24. The number of rotatable bonds is 1. The smallest absolute Gasteiger partial charge is 0.248 e. The van der Waals surface area contributed by atoms with Crippen LogP contribution in [0.25, 0.3) is 0 Å². The Morgan fingerprint density at radius 2 is 1.93 bits per heavy atom. The van der Waals surface area contributed by atoms with Crippen LogP contribution >= 0.6 is 0 Å². The van der Waals surface area contributed by atoms with Crippen LogP contribution in [0.2, 0.25) is 0 Å². The maximum atomic E-state index is 12.1. The molecule has 1 aliphatic heterocycles. The van der Waals surface area contributed by atoms with Crippen LogP contribution < -0.4 is 5.32 Å². The van der Waals surface area contributed by atoms with Crippen molar-refractivity contribution in [2.45, 2.75) is 57.7 Å². The number of carbonyl (C=O) groups is 2. The highest BCUT2D eigenvalue weighted by molar-refractivity contribution is 5.99. The van der Waals surface area contributed by atoms with Crippen LogP contribution in [0.5, 0.6) is 0 Å². The molecule has 1 aliphatic carbocycles. The van der Waals surface area contributed by atoms with E-state index in [4.69, 9.17) is 0 Å². The minimum atomic E-state index is -0.737. The van der Waals surface area contributed by atoms with Crippen molar-refractivity contribution in [3.8, 4) is 0 Å². The summed E-state index contributed by atoms with van der Waals surface area (Å²) in [6.45, 7) is 5.34. The highest BCUT2D eigenvalue weighted by Crippen LogP contribution is 2.30. The lowest BCUT2D eigenvalue weighted by atomic mass is 9.86. The van der Waals surface area contributed by atoms with Crippen LogP contribution in [0.1, 0.15) is 40.0 Å². The van der Waals surface area contributed by atoms with E-state index in [1.165, 1.54) is 6.42 Å². The lowest BCUT2D eigenvalue weighted by Gasteiger charge is -2.48. The molecule has 1 N–H and O–H groups in total. The fraction of sp³-hybridized carbons (Fsp3) is 0.818. The molecule has 1 unspecified atom stereocenters. The number of nitrogens with one attached hydrogen (secondary N) is 1. The molecule has 4 nitrogen and oxygen atoms in total. The zero-order valence-electron chi connectivity index (χ0n) is 9.54. The van der Waals surface area contributed by atoms with Crippen LogP contribution in [0.4, 0.5) is 0 Å². The van der Waals surface area contributed by atoms with E-state index in [-0.39, 0.29) is 23.9 Å². The second-order valence-corrected chi connectivity index (χ2v) is 5.09. The molecule has 0 aromatic rings. The van der Waals surface area contributed by atoms with Gasteiger partial charge in [-0.2, -0.15) is 0 Å². The predicted molar refractivity (Wildman–Crippen MR) is 56.2 cm³/mol. The topological polar surface area (TPSA) is 49.4 Å². The van der Waals surface area contributed by atoms with Crippen molar-refractivity contribution >= 4 is 11.8 Å². The first-order valence-electron chi connectivity index (χ1n) is 5.58. The fourth-order valence-corrected chi connectivity index (χ4v) is 2.24. The summed E-state index contributed by atoms with van der Waals surface area (Å²) >= 11 is 0. The molecule has 1 saturated carbocycles. The second kappa shape index (κ2) is 3.22. The largest absolute Gasteiger partial charge is 0.340 e. The van der Waals surface area contributed by atoms with Gasteiger partial charge in [0.25, 0.3) is 0 Å². The monoisotopic (exact) mass is 210 g/mol. The Morgan fingerprint density at radius 1 is 1.33 bits per heavy atom. The SMILES string of the molecule is CC1C(=O)NC(C)(C)C(=O)N1C1CCC1. The minimum absolute atomic E-state index is 0.0356. The van der Waals surface area contributed by atoms with Gasteiger partial charge in [-0.3, -0.25) is 9.59 Å². The van der Waals surface area contributed by atoms with Crippen molar-refractivity contribution in [2.75, 3.05) is 0 Å². The summed E-state index contributed by atoms with van der Waals surface area (Å²) in [6.07, 6.45) is 3.25. The molecule has 1 heterocycles. The first-order valence-corrected chi connectivity index (χ1v) is 5.58. The number of hydrogen-bond acceptors (Lipinski definition) is 2. The van der Waals surface area contributed by atoms with Gasteiger partial charge >= 0.3 is 0 Å². The van der Waals surface area contributed by atoms with E-state index in [1.54, 1.807) is 25.7 Å². The van der Waals surface area contributed by atoms with E-state index in [9.17, 15) is 9.59 Å². The summed E-state index contributed by atoms with van der Waals surface area (Å²) < 4.78 is 0. The number of hydrogen-bond donors (Lipinski definition) is 1. The first kappa shape index (κ1) is 10.5. The molecule has 2 aliphatic rings. The third-order valence-corrected chi connectivity index (χ3v) is 3.47. The normalized spacial score (nSPS) is 31.1. The molecule has 1 atom stereocenters. The number of carbonyl (C=O) groups excluding carboxylic acids is 2. The van der Waals surface area contributed by atoms with Gasteiger partial charge in [0.1, 0.15) is 11.6 Å². The number of nitrogens with zero attached hydrogens (tertiary/aromatic N) is 1. The molecule has 0 aromatic carbocycles. The summed E-state index contributed by atoms with van der Waals surface area (Å²) in [4.78, 5) is 25.6. The van der Waals surface area contributed by atoms with Gasteiger partial charge in [-0.15, -0.1) is 0 Å². The minimum Gasteiger partial charge on any atom is -0.340 e. The Bertz CT molecular complexity index is 308. The molecule has 1 saturated heterocycles. The molecule has 2 amide bonds. The van der Waals surface area contributed by atoms with Crippen molar-refractivity contribution in [3.05, 3.63) is 0 Å². The molecule has 0 aromatic heterocycles. The van der Waals surface area contributed by atoms with E-state index in [2.05, 4.69) is 5.32 Å². The molecule has 0 radical (unpaired) electrons. The Kier molecular flexibility index (Phi) is 2.24. The Hall–Kier alpha value is -1.06. The highest BCUT2D eigenvalue weighted by atomic mass is 16.2. The van der Waals surface area contributed by atoms with Crippen LogP contribution in [-0.2, 0) is 9.59 Å². The maximum Gasteiger partial charge on any atom is 0.248 e. The third kappa shape index (κ3) is 1.52. The number of piperazine rings is 1. The molecule has 2 fully saturated rings. The standard InChI is InChI=1S/C11H18N2O2/c1-7-9(14)12-11(2,3)10(15)13(7)8-5-4-6-8/h7-8H,4-6H2,1-3H3,(H,12,14). The van der Waals surface area contributed by atoms with Crippen molar-refractivity contribution in [1.82, 2.24) is 10.2 Å². The highest BCUT2D eigenvalue weighted by Gasteiger charge is 2.46. The average molecular weight is 210 g/mol. The van der Waals surface area contributed by atoms with Gasteiger partial charge in [0.05, 0.1) is 0 Å². The van der Waals surface area contributed by atoms with E-state index < -0.39 is 5.54 Å². The van der Waals surface area contributed by atoms with Gasteiger partial charge in [0.2, 0.25) is 11.8 Å². The first-order chi connectivity index (χ1) is 6.93. The summed E-state index contributed by atoms with van der Waals surface area (Å²) in [5.41, 5.74) is -0.737. The zero-order chi connectivity index (χ0) is 11.2. The fourth-order valence-electron chi connectivity index (χ4n) is 2.24. The molecule has 4 heteroatoms. The van der Waals surface area contributed by atoms with E-state index in [1.807, 2.05) is 0 Å². The summed E-state index contributed by atoms with van der Waals surface area (Å²) in [6, 6.07) is -0.0198. The molecule has 0 spiro atoms. The lowest BCUT2D eigenvalue weighted by molar-refractivity contribution is -0.157. The maximum absolute atomic E-state index is 12.1. The average Bonchev–Trinajstić information content (AvgIpc) is 2.05. The van der Waals surface area contributed by atoms with Gasteiger partial charge in [0.15, 0.2) is 0 Å². The quantitative estimate of drug-likeness (QED) is 0.691. The summed E-state index contributed by atoms with van der Waals surface area (Å²) in [5.74, 6) is 0.0193. The summed E-state index contributed by atoms with van der Waals surface area (Å²) in [7, 11) is 0. The van der Waals surface area contributed by atoms with E-state index in [0.717, 1.165) is 12.8 Å². The van der Waals surface area contributed by atoms with E-state index >= 15 is 0 Å². The van der Waals surface area contributed by atoms with Crippen LogP contribution in [0.15, 0.2) is 0 Å². The molecular weight excluding hydrogens is 192 g/mol. The lowest BCUT2D eigenvalue weighted by Crippen LogP contribution is -2.70. The van der Waals surface area contributed by atoms with Gasteiger partial charge in [-0.25, -0.2) is 0 Å². The van der Waals surface area contributed by atoms with Crippen molar-refractivity contribution in [1.29, 1.82) is 0 Å². The van der Waals surface area contributed by atoms with Gasteiger partial charge in [-0.1, -0.05) is 0 Å². The van der Waals surface area contributed by atoms with Crippen molar-refractivity contribution < 1.29 is 9.59 Å². The molecular formula is C11H18N2O2. The van der Waals surface area contributed by atoms with Gasteiger partial charge in [0, 0.05) is 6.04 Å². The van der Waals surface area contributed by atoms with Crippen molar-refractivity contribution in [3.63, 3.8) is 0 Å². The molecule has 2 rings (SSSR count). The Morgan fingerprint density at radius 3 is 2.40 bits per heavy atom. The van der Waals surface area contributed by atoms with Crippen molar-refractivity contribution in [2.24, 2.45) is 0 Å². The van der Waals surface area contributed by atoms with E-state index in [0.29, 0.717) is 0 Å². The predicted octanol–water partition coefficient (Wildman–Crippen LogP) is 0.664. The van der Waals surface area contributed by atoms with Crippen LogP contribution in [0, 0.1) is 0 Å². The molecule has 84 valence electrons. The number of amides is 2. The second-order valence-electron chi connectivity index (χ2n) is 5.09. The van der Waals surface area contributed by atoms with Gasteiger partial charge in [-0.05, 0) is 40.0 Å². The molecule has 15 heavy (non-hydrogen) atoms. The van der Waals surface area contributed by atoms with Gasteiger partial charge < -0.3 is 10.2 Å². The zero-order valence-corrected chi connectivity index (χ0v) is 9.54. The third-order valence-electron chi connectivity index (χ3n) is 3.47. The van der Waals surface area contributed by atoms with Crippen LogP contribution in [0.3, 0.4) is 0 Å². The Labute approximate surface area is 90.0 Å². The van der Waals surface area contributed by atoms with Crippen LogP contribution in [-0.4, -0.2) is 34.3 Å².